The van der Waals surface area contributed by atoms with Gasteiger partial charge in [-0.15, -0.1) is 11.3 Å². The van der Waals surface area contributed by atoms with Crippen molar-refractivity contribution in [1.29, 1.82) is 0 Å². The molecule has 0 atom stereocenters. The highest BCUT2D eigenvalue weighted by Gasteiger charge is 2.07. The molecule has 2 aromatic heterocycles. The van der Waals surface area contributed by atoms with Crippen LogP contribution in [0.15, 0.2) is 42.7 Å². The minimum atomic E-state index is 0.517. The van der Waals surface area contributed by atoms with Gasteiger partial charge in [0.1, 0.15) is 17.4 Å². The average Bonchev–Trinajstić information content (AvgIpc) is 2.89. The van der Waals surface area contributed by atoms with Crippen LogP contribution < -0.4 is 10.5 Å². The highest BCUT2D eigenvalue weighted by atomic mass is 32.1. The van der Waals surface area contributed by atoms with Crippen LogP contribution in [0.2, 0.25) is 0 Å². The number of ether oxygens (including phenoxy) is 1. The maximum atomic E-state index is 5.52. The molecule has 0 aliphatic rings. The fourth-order valence-corrected chi connectivity index (χ4v) is 2.79. The van der Waals surface area contributed by atoms with E-state index < -0.39 is 0 Å². The number of thiazole rings is 1. The molecule has 0 aliphatic carbocycles. The van der Waals surface area contributed by atoms with Gasteiger partial charge in [0.15, 0.2) is 0 Å². The van der Waals surface area contributed by atoms with Crippen LogP contribution in [0, 0.1) is 0 Å². The van der Waals surface area contributed by atoms with Gasteiger partial charge < -0.3 is 10.5 Å². The number of hydrogen-bond donors (Lipinski definition) is 1. The van der Waals surface area contributed by atoms with Crippen molar-refractivity contribution in [3.8, 4) is 16.3 Å². The van der Waals surface area contributed by atoms with Gasteiger partial charge in [0, 0.05) is 24.5 Å². The zero-order chi connectivity index (χ0) is 13.1. The number of hydrogen-bond acceptors (Lipinski definition) is 5. The van der Waals surface area contributed by atoms with E-state index in [1.807, 2.05) is 30.3 Å². The number of nitrogens with two attached hydrogens (primary N) is 1. The summed E-state index contributed by atoms with van der Waals surface area (Å²) in [5, 5.41) is 0.994. The molecule has 0 fully saturated rings. The molecule has 0 unspecified atom stereocenters. The molecule has 0 amide bonds. The van der Waals surface area contributed by atoms with E-state index in [2.05, 4.69) is 9.97 Å². The normalized spacial score (nSPS) is 10.8. The quantitative estimate of drug-likeness (QED) is 0.792. The van der Waals surface area contributed by atoms with E-state index in [1.54, 1.807) is 23.7 Å². The molecule has 1 aromatic carbocycles. The van der Waals surface area contributed by atoms with Crippen LogP contribution >= 0.6 is 11.3 Å². The number of nitrogens with zero attached hydrogens (tertiary/aromatic N) is 2. The maximum Gasteiger partial charge on any atom is 0.124 e. The Kier molecular flexibility index (Phi) is 3.39. The summed E-state index contributed by atoms with van der Waals surface area (Å²) in [6.45, 7) is 1.05. The lowest BCUT2D eigenvalue weighted by Gasteiger charge is -2.02. The van der Waals surface area contributed by atoms with Gasteiger partial charge >= 0.3 is 0 Å². The van der Waals surface area contributed by atoms with Crippen molar-refractivity contribution in [2.45, 2.75) is 0 Å². The Hall–Kier alpha value is -1.98. The summed E-state index contributed by atoms with van der Waals surface area (Å²) in [6.07, 6.45) is 3.55. The lowest BCUT2D eigenvalue weighted by atomic mass is 10.3. The Morgan fingerprint density at radius 3 is 2.79 bits per heavy atom. The molecule has 4 nitrogen and oxygen atoms in total. The van der Waals surface area contributed by atoms with E-state index in [0.29, 0.717) is 13.2 Å². The summed E-state index contributed by atoms with van der Waals surface area (Å²) in [5.41, 5.74) is 7.50. The van der Waals surface area contributed by atoms with Crippen LogP contribution in [-0.4, -0.2) is 23.1 Å². The SMILES string of the molecule is NCCOc1ccc2nc(-c3ccncc3)sc2c1. The number of benzene rings is 1. The number of pyridine rings is 1. The van der Waals surface area contributed by atoms with Crippen molar-refractivity contribution < 1.29 is 4.74 Å². The first-order valence-corrected chi connectivity index (χ1v) is 6.82. The van der Waals surface area contributed by atoms with E-state index in [9.17, 15) is 0 Å². The van der Waals surface area contributed by atoms with E-state index >= 15 is 0 Å². The third-order valence-electron chi connectivity index (χ3n) is 2.67. The molecule has 3 rings (SSSR count). The summed E-state index contributed by atoms with van der Waals surface area (Å²) >= 11 is 1.65. The van der Waals surface area contributed by atoms with Crippen molar-refractivity contribution in [1.82, 2.24) is 9.97 Å². The Labute approximate surface area is 114 Å². The molecule has 3 aromatic rings. The molecular formula is C14H13N3OS. The van der Waals surface area contributed by atoms with Crippen LogP contribution in [-0.2, 0) is 0 Å². The highest BCUT2D eigenvalue weighted by molar-refractivity contribution is 7.21. The molecule has 0 bridgehead atoms. The Bertz CT molecular complexity index is 681. The molecule has 0 aliphatic heterocycles. The van der Waals surface area contributed by atoms with Crippen molar-refractivity contribution in [2.75, 3.05) is 13.2 Å². The maximum absolute atomic E-state index is 5.52. The monoisotopic (exact) mass is 271 g/mol. The topological polar surface area (TPSA) is 61.0 Å². The predicted molar refractivity (Wildman–Crippen MR) is 77.4 cm³/mol. The molecule has 0 radical (unpaired) electrons. The largest absolute Gasteiger partial charge is 0.492 e. The lowest BCUT2D eigenvalue weighted by Crippen LogP contribution is -2.10. The third-order valence-corrected chi connectivity index (χ3v) is 3.74. The van der Waals surface area contributed by atoms with Crippen LogP contribution in [0.3, 0.4) is 0 Å². The first-order valence-electron chi connectivity index (χ1n) is 6.00. The Morgan fingerprint density at radius 2 is 2.00 bits per heavy atom. The van der Waals surface area contributed by atoms with E-state index in [-0.39, 0.29) is 0 Å². The molecule has 0 spiro atoms. The second kappa shape index (κ2) is 5.34. The molecule has 2 N–H and O–H groups in total. The van der Waals surface area contributed by atoms with E-state index in [1.165, 1.54) is 0 Å². The van der Waals surface area contributed by atoms with E-state index in [4.69, 9.17) is 10.5 Å². The molecule has 0 saturated carbocycles. The van der Waals surface area contributed by atoms with Gasteiger partial charge in [0.05, 0.1) is 10.2 Å². The van der Waals surface area contributed by atoms with Crippen LogP contribution in [0.4, 0.5) is 0 Å². The van der Waals surface area contributed by atoms with Gasteiger partial charge in [-0.05, 0) is 30.3 Å². The fraction of sp³-hybridized carbons (Fsp3) is 0.143. The van der Waals surface area contributed by atoms with Crippen molar-refractivity contribution in [3.63, 3.8) is 0 Å². The number of aromatic nitrogens is 2. The Morgan fingerprint density at radius 1 is 1.16 bits per heavy atom. The molecule has 0 saturated heterocycles. The highest BCUT2D eigenvalue weighted by Crippen LogP contribution is 2.31. The van der Waals surface area contributed by atoms with Gasteiger partial charge in [-0.1, -0.05) is 0 Å². The first-order chi connectivity index (χ1) is 9.36. The molecular weight excluding hydrogens is 258 g/mol. The molecule has 19 heavy (non-hydrogen) atoms. The second-order valence-electron chi connectivity index (χ2n) is 4.02. The minimum absolute atomic E-state index is 0.517. The minimum Gasteiger partial charge on any atom is -0.492 e. The zero-order valence-electron chi connectivity index (χ0n) is 10.2. The van der Waals surface area contributed by atoms with Gasteiger partial charge in [0.25, 0.3) is 0 Å². The second-order valence-corrected chi connectivity index (χ2v) is 5.05. The number of fused-ring (bicyclic) bond motifs is 1. The Balaban J connectivity index is 1.97. The fourth-order valence-electron chi connectivity index (χ4n) is 1.79. The summed E-state index contributed by atoms with van der Waals surface area (Å²) < 4.78 is 6.63. The van der Waals surface area contributed by atoms with E-state index in [0.717, 1.165) is 26.5 Å². The van der Waals surface area contributed by atoms with Crippen molar-refractivity contribution in [2.24, 2.45) is 5.73 Å². The van der Waals surface area contributed by atoms with Crippen molar-refractivity contribution in [3.05, 3.63) is 42.7 Å². The van der Waals surface area contributed by atoms with Gasteiger partial charge in [-0.3, -0.25) is 4.98 Å². The van der Waals surface area contributed by atoms with Gasteiger partial charge in [0.2, 0.25) is 0 Å². The van der Waals surface area contributed by atoms with Crippen LogP contribution in [0.25, 0.3) is 20.8 Å². The van der Waals surface area contributed by atoms with Gasteiger partial charge in [-0.25, -0.2) is 4.98 Å². The van der Waals surface area contributed by atoms with Crippen molar-refractivity contribution >= 4 is 21.6 Å². The molecule has 2 heterocycles. The smallest absolute Gasteiger partial charge is 0.124 e. The molecule has 96 valence electrons. The molecule has 5 heteroatoms. The average molecular weight is 271 g/mol. The third kappa shape index (κ3) is 2.57. The first kappa shape index (κ1) is 12.1. The zero-order valence-corrected chi connectivity index (χ0v) is 11.1. The summed E-state index contributed by atoms with van der Waals surface area (Å²) in [6, 6.07) is 9.83. The summed E-state index contributed by atoms with van der Waals surface area (Å²) in [5.74, 6) is 0.836. The predicted octanol–water partition coefficient (Wildman–Crippen LogP) is 2.70. The standard InChI is InChI=1S/C14H13N3OS/c15-5-8-18-11-1-2-12-13(9-11)19-14(17-12)10-3-6-16-7-4-10/h1-4,6-7,9H,5,8,15H2. The summed E-state index contributed by atoms with van der Waals surface area (Å²) in [4.78, 5) is 8.63. The summed E-state index contributed by atoms with van der Waals surface area (Å²) in [7, 11) is 0. The van der Waals surface area contributed by atoms with Gasteiger partial charge in [-0.2, -0.15) is 0 Å². The lowest BCUT2D eigenvalue weighted by molar-refractivity contribution is 0.329. The number of rotatable bonds is 4. The van der Waals surface area contributed by atoms with Crippen LogP contribution in [0.5, 0.6) is 5.75 Å². The van der Waals surface area contributed by atoms with Crippen LogP contribution in [0.1, 0.15) is 0 Å².